The Morgan fingerprint density at radius 3 is 2.05 bits per heavy atom. The van der Waals surface area contributed by atoms with E-state index in [-0.39, 0.29) is 29.1 Å². The van der Waals surface area contributed by atoms with Crippen LogP contribution < -0.4 is 9.62 Å². The molecule has 1 atom stereocenters. The molecule has 3 aromatic rings. The van der Waals surface area contributed by atoms with Crippen LogP contribution in [0.1, 0.15) is 31.9 Å². The van der Waals surface area contributed by atoms with Crippen molar-refractivity contribution in [2.24, 2.45) is 0 Å². The molecular weight excluding hydrogens is 493 g/mol. The predicted octanol–water partition coefficient (Wildman–Crippen LogP) is 4.27. The average Bonchev–Trinajstić information content (AvgIpc) is 2.87. The van der Waals surface area contributed by atoms with Crippen LogP contribution in [-0.4, -0.2) is 43.8 Å². The second-order valence-electron chi connectivity index (χ2n) is 9.15. The van der Waals surface area contributed by atoms with Gasteiger partial charge in [0, 0.05) is 12.6 Å². The molecule has 3 rings (SSSR count). The fourth-order valence-corrected chi connectivity index (χ4v) is 5.17. The highest BCUT2D eigenvalue weighted by Crippen LogP contribution is 2.25. The highest BCUT2D eigenvalue weighted by molar-refractivity contribution is 7.92. The van der Waals surface area contributed by atoms with Gasteiger partial charge in [-0.15, -0.1) is 0 Å². The van der Waals surface area contributed by atoms with Crippen molar-refractivity contribution >= 4 is 27.5 Å². The Kier molecular flexibility index (Phi) is 9.04. The quantitative estimate of drug-likeness (QED) is 0.428. The number of rotatable bonds is 10. The normalized spacial score (nSPS) is 12.2. The second kappa shape index (κ2) is 12.0. The number of halogens is 1. The van der Waals surface area contributed by atoms with Gasteiger partial charge in [0.15, 0.2) is 0 Å². The third-order valence-electron chi connectivity index (χ3n) is 5.80. The summed E-state index contributed by atoms with van der Waals surface area (Å²) >= 11 is 0. The lowest BCUT2D eigenvalue weighted by molar-refractivity contribution is -0.139. The molecule has 3 aromatic carbocycles. The zero-order chi connectivity index (χ0) is 27.2. The van der Waals surface area contributed by atoms with Gasteiger partial charge in [0.25, 0.3) is 10.0 Å². The fourth-order valence-electron chi connectivity index (χ4n) is 3.73. The first-order chi connectivity index (χ1) is 17.5. The highest BCUT2D eigenvalue weighted by atomic mass is 32.2. The first kappa shape index (κ1) is 27.9. The van der Waals surface area contributed by atoms with Crippen LogP contribution in [0.15, 0.2) is 83.8 Å². The summed E-state index contributed by atoms with van der Waals surface area (Å²) in [6.45, 7) is 6.72. The molecule has 2 amide bonds. The zero-order valence-electron chi connectivity index (χ0n) is 21.4. The number of nitrogens with zero attached hydrogens (tertiary/aromatic N) is 2. The van der Waals surface area contributed by atoms with E-state index >= 15 is 0 Å². The van der Waals surface area contributed by atoms with E-state index in [0.29, 0.717) is 0 Å². The minimum Gasteiger partial charge on any atom is -0.352 e. The Bertz CT molecular complexity index is 1310. The monoisotopic (exact) mass is 525 g/mol. The van der Waals surface area contributed by atoms with Gasteiger partial charge < -0.3 is 10.2 Å². The summed E-state index contributed by atoms with van der Waals surface area (Å²) in [6, 6.07) is 19.1. The largest absolute Gasteiger partial charge is 0.352 e. The van der Waals surface area contributed by atoms with Gasteiger partial charge in [-0.2, -0.15) is 0 Å². The van der Waals surface area contributed by atoms with Crippen LogP contribution in [0, 0.1) is 12.7 Å². The van der Waals surface area contributed by atoms with Crippen molar-refractivity contribution in [2.75, 3.05) is 10.8 Å². The SMILES string of the molecule is Cc1ccc(CN(C(=O)CN(c2ccc(F)cc2)S(=O)(=O)c2ccccc2)[C@H](C)C(=O)NC(C)C)cc1. The number of aryl methyl sites for hydroxylation is 1. The van der Waals surface area contributed by atoms with Gasteiger partial charge in [-0.1, -0.05) is 48.0 Å². The maximum absolute atomic E-state index is 13.7. The van der Waals surface area contributed by atoms with Gasteiger partial charge in [-0.3, -0.25) is 13.9 Å². The Labute approximate surface area is 218 Å². The first-order valence-electron chi connectivity index (χ1n) is 12.0. The van der Waals surface area contributed by atoms with Crippen molar-refractivity contribution in [3.05, 3.63) is 95.8 Å². The molecule has 0 aliphatic heterocycles. The lowest BCUT2D eigenvalue weighted by Gasteiger charge is -2.32. The number of sulfonamides is 1. The molecule has 0 bridgehead atoms. The van der Waals surface area contributed by atoms with E-state index in [1.165, 1.54) is 29.2 Å². The van der Waals surface area contributed by atoms with Crippen LogP contribution >= 0.6 is 0 Å². The van der Waals surface area contributed by atoms with E-state index in [1.54, 1.807) is 25.1 Å². The summed E-state index contributed by atoms with van der Waals surface area (Å²) in [6.07, 6.45) is 0. The number of carbonyl (C=O) groups excluding carboxylic acids is 2. The van der Waals surface area contributed by atoms with Crippen LogP contribution in [0.25, 0.3) is 0 Å². The van der Waals surface area contributed by atoms with Gasteiger partial charge in [-0.05, 0) is 69.7 Å². The molecule has 7 nitrogen and oxygen atoms in total. The lowest BCUT2D eigenvalue weighted by Crippen LogP contribution is -2.52. The molecule has 1 N–H and O–H groups in total. The first-order valence-corrected chi connectivity index (χ1v) is 13.4. The maximum Gasteiger partial charge on any atom is 0.264 e. The second-order valence-corrected chi connectivity index (χ2v) is 11.0. The highest BCUT2D eigenvalue weighted by Gasteiger charge is 2.32. The maximum atomic E-state index is 13.7. The number of carbonyl (C=O) groups is 2. The molecule has 0 saturated carbocycles. The molecule has 9 heteroatoms. The summed E-state index contributed by atoms with van der Waals surface area (Å²) in [4.78, 5) is 28.0. The smallest absolute Gasteiger partial charge is 0.264 e. The van der Waals surface area contributed by atoms with Gasteiger partial charge in [0.05, 0.1) is 10.6 Å². The molecule has 0 aliphatic rings. The van der Waals surface area contributed by atoms with Crippen molar-refractivity contribution in [1.82, 2.24) is 10.2 Å². The molecule has 0 saturated heterocycles. The van der Waals surface area contributed by atoms with E-state index < -0.39 is 34.3 Å². The van der Waals surface area contributed by atoms with Crippen molar-refractivity contribution in [2.45, 2.75) is 51.2 Å². The molecular formula is C28H32FN3O4S. The van der Waals surface area contributed by atoms with Crippen LogP contribution in [0.3, 0.4) is 0 Å². The Morgan fingerprint density at radius 1 is 0.892 bits per heavy atom. The van der Waals surface area contributed by atoms with Gasteiger partial charge in [-0.25, -0.2) is 12.8 Å². The van der Waals surface area contributed by atoms with Crippen molar-refractivity contribution in [1.29, 1.82) is 0 Å². The average molecular weight is 526 g/mol. The molecule has 0 spiro atoms. The number of anilines is 1. The Balaban J connectivity index is 2.00. The summed E-state index contributed by atoms with van der Waals surface area (Å²) in [7, 11) is -4.18. The Hall–Kier alpha value is -3.72. The lowest BCUT2D eigenvalue weighted by atomic mass is 10.1. The van der Waals surface area contributed by atoms with Crippen LogP contribution in [0.4, 0.5) is 10.1 Å². The van der Waals surface area contributed by atoms with Gasteiger partial charge in [0.1, 0.15) is 18.4 Å². The molecule has 0 aliphatic carbocycles. The molecule has 0 unspecified atom stereocenters. The molecule has 0 aromatic heterocycles. The summed E-state index contributed by atoms with van der Waals surface area (Å²) < 4.78 is 41.8. The third-order valence-corrected chi connectivity index (χ3v) is 7.58. The van der Waals surface area contributed by atoms with E-state index in [1.807, 2.05) is 45.0 Å². The third kappa shape index (κ3) is 7.16. The van der Waals surface area contributed by atoms with E-state index in [4.69, 9.17) is 0 Å². The molecule has 0 heterocycles. The molecule has 196 valence electrons. The van der Waals surface area contributed by atoms with E-state index in [9.17, 15) is 22.4 Å². The standard InChI is InChI=1S/C28H32FN3O4S/c1-20(2)30-28(34)22(4)31(18-23-12-10-21(3)11-13-23)27(33)19-32(25-16-14-24(29)15-17-25)37(35,36)26-8-6-5-7-9-26/h5-17,20,22H,18-19H2,1-4H3,(H,30,34)/t22-/m1/s1. The summed E-state index contributed by atoms with van der Waals surface area (Å²) in [5, 5.41) is 2.81. The van der Waals surface area contributed by atoms with Crippen molar-refractivity contribution in [3.63, 3.8) is 0 Å². The number of amides is 2. The Morgan fingerprint density at radius 2 is 1.49 bits per heavy atom. The molecule has 37 heavy (non-hydrogen) atoms. The zero-order valence-corrected chi connectivity index (χ0v) is 22.2. The van der Waals surface area contributed by atoms with Crippen LogP contribution in [-0.2, 0) is 26.2 Å². The number of benzene rings is 3. The van der Waals surface area contributed by atoms with E-state index in [2.05, 4.69) is 5.32 Å². The minimum atomic E-state index is -4.18. The number of nitrogens with one attached hydrogen (secondary N) is 1. The molecule has 0 fully saturated rings. The summed E-state index contributed by atoms with van der Waals surface area (Å²) in [5.41, 5.74) is 1.97. The number of hydrogen-bond acceptors (Lipinski definition) is 4. The molecule has 0 radical (unpaired) electrons. The van der Waals surface area contributed by atoms with Crippen LogP contribution in [0.5, 0.6) is 0 Å². The van der Waals surface area contributed by atoms with Crippen molar-refractivity contribution in [3.8, 4) is 0 Å². The van der Waals surface area contributed by atoms with Gasteiger partial charge in [0.2, 0.25) is 11.8 Å². The number of hydrogen-bond donors (Lipinski definition) is 1. The topological polar surface area (TPSA) is 86.8 Å². The summed E-state index contributed by atoms with van der Waals surface area (Å²) in [5.74, 6) is -1.46. The predicted molar refractivity (Wildman–Crippen MR) is 142 cm³/mol. The van der Waals surface area contributed by atoms with Crippen molar-refractivity contribution < 1.29 is 22.4 Å². The van der Waals surface area contributed by atoms with E-state index in [0.717, 1.165) is 27.6 Å². The minimum absolute atomic E-state index is 0.0113. The van der Waals surface area contributed by atoms with Gasteiger partial charge >= 0.3 is 0 Å². The fraction of sp³-hybridized carbons (Fsp3) is 0.286. The van der Waals surface area contributed by atoms with Crippen LogP contribution in [0.2, 0.25) is 0 Å².